The van der Waals surface area contributed by atoms with Crippen LogP contribution in [-0.2, 0) is 0 Å². The van der Waals surface area contributed by atoms with Gasteiger partial charge in [-0.25, -0.2) is 0 Å². The monoisotopic (exact) mass is 390 g/mol. The predicted molar refractivity (Wildman–Crippen MR) is 110 cm³/mol. The summed E-state index contributed by atoms with van der Waals surface area (Å²) in [6.07, 6.45) is 1.73. The summed E-state index contributed by atoms with van der Waals surface area (Å²) in [5.74, 6) is 1.30. The van der Waals surface area contributed by atoms with E-state index in [0.717, 1.165) is 16.9 Å². The first-order valence-electron chi connectivity index (χ1n) is 8.97. The van der Waals surface area contributed by atoms with E-state index >= 15 is 0 Å². The van der Waals surface area contributed by atoms with E-state index in [1.165, 1.54) is 4.90 Å². The fraction of sp³-hybridized carbons (Fsp3) is 0.136. The van der Waals surface area contributed by atoms with Crippen molar-refractivity contribution >= 4 is 29.0 Å². The molecule has 1 N–H and O–H groups in total. The molecular weight excluding hydrogens is 372 g/mol. The maximum Gasteiger partial charge on any atom is 0.262 e. The zero-order valence-electron chi connectivity index (χ0n) is 15.2. The van der Waals surface area contributed by atoms with Gasteiger partial charge in [0.1, 0.15) is 6.17 Å². The van der Waals surface area contributed by atoms with Crippen LogP contribution < -0.4 is 19.7 Å². The van der Waals surface area contributed by atoms with E-state index in [1.807, 2.05) is 48.7 Å². The Hall–Kier alpha value is -3.12. The molecule has 0 radical (unpaired) electrons. The molecule has 140 valence electrons. The zero-order valence-corrected chi connectivity index (χ0v) is 16.0. The summed E-state index contributed by atoms with van der Waals surface area (Å²) in [7, 11) is 0. The van der Waals surface area contributed by atoms with Crippen LogP contribution in [0.4, 0.5) is 11.4 Å². The van der Waals surface area contributed by atoms with Gasteiger partial charge in [-0.1, -0.05) is 24.3 Å². The van der Waals surface area contributed by atoms with Gasteiger partial charge < -0.3 is 14.8 Å². The minimum absolute atomic E-state index is 0.0489. The van der Waals surface area contributed by atoms with Crippen LogP contribution in [0.25, 0.3) is 0 Å². The molecule has 2 heterocycles. The second kappa shape index (κ2) is 6.80. The van der Waals surface area contributed by atoms with Crippen molar-refractivity contribution in [2.45, 2.75) is 11.1 Å². The first-order valence-corrected chi connectivity index (χ1v) is 10.2. The van der Waals surface area contributed by atoms with Gasteiger partial charge in [-0.15, -0.1) is 11.8 Å². The maximum absolute atomic E-state index is 13.4. The van der Waals surface area contributed by atoms with Crippen LogP contribution in [0, 0.1) is 0 Å². The molecule has 6 heteroatoms. The Balaban J connectivity index is 1.62. The van der Waals surface area contributed by atoms with Crippen molar-refractivity contribution in [3.8, 4) is 11.5 Å². The summed E-state index contributed by atoms with van der Waals surface area (Å²) in [4.78, 5) is 16.4. The molecule has 3 aromatic rings. The van der Waals surface area contributed by atoms with Gasteiger partial charge >= 0.3 is 0 Å². The second-order valence-electron chi connectivity index (χ2n) is 6.58. The molecule has 0 spiro atoms. The van der Waals surface area contributed by atoms with Gasteiger partial charge in [0, 0.05) is 16.6 Å². The van der Waals surface area contributed by atoms with Crippen molar-refractivity contribution in [2.24, 2.45) is 0 Å². The Labute approximate surface area is 167 Å². The third kappa shape index (κ3) is 2.77. The Morgan fingerprint density at radius 3 is 2.61 bits per heavy atom. The number of anilines is 2. The minimum atomic E-state index is -0.321. The number of nitrogens with one attached hydrogen (secondary N) is 1. The molecule has 5 nitrogen and oxygen atoms in total. The second-order valence-corrected chi connectivity index (χ2v) is 7.46. The largest absolute Gasteiger partial charge is 0.454 e. The number of thioether (sulfide) groups is 1. The number of nitrogens with zero attached hydrogens (tertiary/aromatic N) is 1. The third-order valence-electron chi connectivity index (χ3n) is 4.99. The molecule has 3 aromatic carbocycles. The van der Waals surface area contributed by atoms with Gasteiger partial charge in [0.2, 0.25) is 6.79 Å². The van der Waals surface area contributed by atoms with Crippen molar-refractivity contribution < 1.29 is 14.3 Å². The molecule has 0 unspecified atom stereocenters. The van der Waals surface area contributed by atoms with E-state index in [2.05, 4.69) is 29.6 Å². The minimum Gasteiger partial charge on any atom is -0.454 e. The van der Waals surface area contributed by atoms with Crippen LogP contribution in [0.5, 0.6) is 11.5 Å². The lowest BCUT2D eigenvalue weighted by atomic mass is 10.0. The predicted octanol–water partition coefficient (Wildman–Crippen LogP) is 4.91. The van der Waals surface area contributed by atoms with Crippen molar-refractivity contribution in [3.05, 3.63) is 77.9 Å². The van der Waals surface area contributed by atoms with Gasteiger partial charge in [-0.3, -0.25) is 9.69 Å². The highest BCUT2D eigenvalue weighted by atomic mass is 32.2. The Morgan fingerprint density at radius 1 is 1.00 bits per heavy atom. The average molecular weight is 390 g/mol. The van der Waals surface area contributed by atoms with Gasteiger partial charge in [-0.05, 0) is 48.2 Å². The molecule has 0 aliphatic carbocycles. The van der Waals surface area contributed by atoms with Gasteiger partial charge in [0.25, 0.3) is 5.91 Å². The third-order valence-corrected chi connectivity index (χ3v) is 5.74. The molecule has 1 atom stereocenters. The van der Waals surface area contributed by atoms with Crippen molar-refractivity contribution in [3.63, 3.8) is 0 Å². The fourth-order valence-electron chi connectivity index (χ4n) is 3.57. The fourth-order valence-corrected chi connectivity index (χ4v) is 3.98. The topological polar surface area (TPSA) is 50.8 Å². The smallest absolute Gasteiger partial charge is 0.262 e. The zero-order chi connectivity index (χ0) is 19.1. The number of carbonyl (C=O) groups is 1. The van der Waals surface area contributed by atoms with Crippen LogP contribution >= 0.6 is 11.8 Å². The van der Waals surface area contributed by atoms with Crippen LogP contribution in [0.2, 0.25) is 0 Å². The van der Waals surface area contributed by atoms with E-state index in [4.69, 9.17) is 9.47 Å². The molecule has 2 aliphatic heterocycles. The van der Waals surface area contributed by atoms with Gasteiger partial charge in [0.05, 0.1) is 11.3 Å². The molecule has 2 aliphatic rings. The van der Waals surface area contributed by atoms with Crippen LogP contribution in [0.15, 0.2) is 71.6 Å². The molecule has 0 saturated heterocycles. The number of fused-ring (bicyclic) bond motifs is 2. The van der Waals surface area contributed by atoms with E-state index in [1.54, 1.807) is 16.7 Å². The molecule has 1 amide bonds. The first kappa shape index (κ1) is 17.0. The number of hydrogen-bond acceptors (Lipinski definition) is 5. The molecule has 28 heavy (non-hydrogen) atoms. The average Bonchev–Trinajstić information content (AvgIpc) is 3.21. The summed E-state index contributed by atoms with van der Waals surface area (Å²) in [6, 6.07) is 21.5. The Bertz CT molecular complexity index is 1050. The quantitative estimate of drug-likeness (QED) is 0.644. The number of amides is 1. The molecule has 0 aromatic heterocycles. The van der Waals surface area contributed by atoms with E-state index in [0.29, 0.717) is 17.1 Å². The lowest BCUT2D eigenvalue weighted by Gasteiger charge is -2.38. The lowest BCUT2D eigenvalue weighted by Crippen LogP contribution is -2.43. The summed E-state index contributed by atoms with van der Waals surface area (Å²) in [5, 5.41) is 3.52. The lowest BCUT2D eigenvalue weighted by molar-refractivity contribution is 0.0975. The van der Waals surface area contributed by atoms with E-state index < -0.39 is 0 Å². The number of carbonyl (C=O) groups excluding carboxylic acids is 1. The Kier molecular flexibility index (Phi) is 4.13. The highest BCUT2D eigenvalue weighted by molar-refractivity contribution is 7.98. The molecule has 0 fully saturated rings. The van der Waals surface area contributed by atoms with Crippen LogP contribution in [0.1, 0.15) is 22.1 Å². The highest BCUT2D eigenvalue weighted by Crippen LogP contribution is 2.41. The molecule has 0 saturated carbocycles. The number of benzene rings is 3. The van der Waals surface area contributed by atoms with E-state index in [-0.39, 0.29) is 18.9 Å². The van der Waals surface area contributed by atoms with Crippen LogP contribution in [0.3, 0.4) is 0 Å². The number of hydrogen-bond donors (Lipinski definition) is 1. The van der Waals surface area contributed by atoms with Gasteiger partial charge in [-0.2, -0.15) is 0 Å². The summed E-state index contributed by atoms with van der Waals surface area (Å²) >= 11 is 1.69. The molecular formula is C22H18N2O3S. The SMILES string of the molecule is CSc1ccc([C@@H]2Nc3ccccc3C(=O)N2c2ccc3c(c2)OCO3)cc1. The highest BCUT2D eigenvalue weighted by Gasteiger charge is 2.34. The van der Waals surface area contributed by atoms with Crippen molar-refractivity contribution in [1.29, 1.82) is 0 Å². The number of rotatable bonds is 3. The number of para-hydroxylation sites is 1. The van der Waals surface area contributed by atoms with E-state index in [9.17, 15) is 4.79 Å². The van der Waals surface area contributed by atoms with Gasteiger partial charge in [0.15, 0.2) is 11.5 Å². The summed E-state index contributed by atoms with van der Waals surface area (Å²) < 4.78 is 10.9. The Morgan fingerprint density at radius 2 is 1.79 bits per heavy atom. The molecule has 0 bridgehead atoms. The summed E-state index contributed by atoms with van der Waals surface area (Å²) in [5.41, 5.74) is 3.26. The standard InChI is InChI=1S/C22H18N2O3S/c1-28-16-9-6-14(7-10-16)21-23-18-5-3-2-4-17(18)22(25)24(21)15-8-11-19-20(12-15)27-13-26-19/h2-12,21,23H,13H2,1H3/t21-/m1/s1. The number of ether oxygens (including phenoxy) is 2. The van der Waals surface area contributed by atoms with Crippen LogP contribution in [-0.4, -0.2) is 19.0 Å². The summed E-state index contributed by atoms with van der Waals surface area (Å²) in [6.45, 7) is 0.202. The first-order chi connectivity index (χ1) is 13.7. The normalized spacial score (nSPS) is 17.2. The maximum atomic E-state index is 13.4. The molecule has 5 rings (SSSR count). The van der Waals surface area contributed by atoms with Crippen molar-refractivity contribution in [1.82, 2.24) is 0 Å². The van der Waals surface area contributed by atoms with Crippen molar-refractivity contribution in [2.75, 3.05) is 23.3 Å².